The number of piperazine rings is 1. The lowest BCUT2D eigenvalue weighted by molar-refractivity contribution is -0.136. The topological polar surface area (TPSA) is 60.2 Å². The van der Waals surface area contributed by atoms with Crippen LogP contribution in [0, 0.1) is 17.2 Å². The number of allylic oxidation sites excluding steroid dienone is 2. The highest BCUT2D eigenvalue weighted by Crippen LogP contribution is 2.22. The molecule has 0 unspecified atom stereocenters. The fourth-order valence-electron chi connectivity index (χ4n) is 3.07. The van der Waals surface area contributed by atoms with E-state index in [0.717, 1.165) is 51.3 Å². The predicted octanol–water partition coefficient (Wildman–Crippen LogP) is 1.96. The van der Waals surface area contributed by atoms with Crippen LogP contribution in [0.25, 0.3) is 0 Å². The summed E-state index contributed by atoms with van der Waals surface area (Å²) < 4.78 is 0. The first-order valence-corrected chi connectivity index (χ1v) is 7.83. The zero-order valence-electron chi connectivity index (χ0n) is 12.6. The van der Waals surface area contributed by atoms with Crippen molar-refractivity contribution in [2.45, 2.75) is 19.3 Å². The lowest BCUT2D eigenvalue weighted by atomic mass is 9.93. The van der Waals surface area contributed by atoms with Crippen LogP contribution in [0.1, 0.15) is 24.8 Å². The highest BCUT2D eigenvalue weighted by molar-refractivity contribution is 5.79. The Labute approximate surface area is 130 Å². The molecule has 0 bridgehead atoms. The van der Waals surface area contributed by atoms with Crippen molar-refractivity contribution in [3.8, 4) is 6.07 Å². The third kappa shape index (κ3) is 3.11. The first-order valence-electron chi connectivity index (χ1n) is 7.83. The lowest BCUT2D eigenvalue weighted by Crippen LogP contribution is -2.50. The molecule has 5 heteroatoms. The summed E-state index contributed by atoms with van der Waals surface area (Å²) in [5, 5.41) is 8.81. The standard InChI is InChI=1S/C17H20N4O/c18-12-14-6-7-16(19-13-14)20-8-10-21(11-9-20)17(22)15-4-2-1-3-5-15/h1-2,6-7,13,15H,3-5,8-11H2/t15-/m0/s1. The zero-order chi connectivity index (χ0) is 15.4. The quantitative estimate of drug-likeness (QED) is 0.783. The maximum atomic E-state index is 12.5. The van der Waals surface area contributed by atoms with E-state index in [1.165, 1.54) is 0 Å². The van der Waals surface area contributed by atoms with Gasteiger partial charge in [-0.1, -0.05) is 12.2 Å². The Hall–Kier alpha value is -2.35. The molecular weight excluding hydrogens is 276 g/mol. The molecule has 1 atom stereocenters. The van der Waals surface area contributed by atoms with E-state index in [-0.39, 0.29) is 5.92 Å². The van der Waals surface area contributed by atoms with Gasteiger partial charge in [0.15, 0.2) is 0 Å². The van der Waals surface area contributed by atoms with Crippen LogP contribution < -0.4 is 4.90 Å². The Bertz CT molecular complexity index is 594. The molecule has 0 spiro atoms. The highest BCUT2D eigenvalue weighted by Gasteiger charge is 2.27. The smallest absolute Gasteiger partial charge is 0.226 e. The van der Waals surface area contributed by atoms with E-state index >= 15 is 0 Å². The van der Waals surface area contributed by atoms with Crippen LogP contribution in [0.3, 0.4) is 0 Å². The number of rotatable bonds is 2. The van der Waals surface area contributed by atoms with E-state index in [2.05, 4.69) is 28.1 Å². The van der Waals surface area contributed by atoms with Crippen LogP contribution in [0.2, 0.25) is 0 Å². The molecule has 1 saturated heterocycles. The molecule has 1 aromatic rings. The molecule has 0 saturated carbocycles. The predicted molar refractivity (Wildman–Crippen MR) is 84.2 cm³/mol. The van der Waals surface area contributed by atoms with Crippen molar-refractivity contribution in [1.82, 2.24) is 9.88 Å². The van der Waals surface area contributed by atoms with Crippen LogP contribution in [0.15, 0.2) is 30.5 Å². The average Bonchev–Trinajstić information content (AvgIpc) is 2.62. The molecule has 1 amide bonds. The third-order valence-corrected chi connectivity index (χ3v) is 4.41. The van der Waals surface area contributed by atoms with Gasteiger partial charge in [0.2, 0.25) is 5.91 Å². The van der Waals surface area contributed by atoms with E-state index < -0.39 is 0 Å². The van der Waals surface area contributed by atoms with Gasteiger partial charge in [-0.2, -0.15) is 5.26 Å². The number of amides is 1. The second-order valence-corrected chi connectivity index (χ2v) is 5.81. The summed E-state index contributed by atoms with van der Waals surface area (Å²) in [4.78, 5) is 21.0. The third-order valence-electron chi connectivity index (χ3n) is 4.41. The van der Waals surface area contributed by atoms with Gasteiger partial charge >= 0.3 is 0 Å². The van der Waals surface area contributed by atoms with Crippen molar-refractivity contribution in [2.75, 3.05) is 31.1 Å². The summed E-state index contributed by atoms with van der Waals surface area (Å²) in [7, 11) is 0. The number of hydrogen-bond acceptors (Lipinski definition) is 4. The summed E-state index contributed by atoms with van der Waals surface area (Å²) >= 11 is 0. The van der Waals surface area contributed by atoms with Crippen LogP contribution >= 0.6 is 0 Å². The van der Waals surface area contributed by atoms with Crippen molar-refractivity contribution in [3.63, 3.8) is 0 Å². The van der Waals surface area contributed by atoms with Crippen LogP contribution in [0.5, 0.6) is 0 Å². The van der Waals surface area contributed by atoms with Gasteiger partial charge in [-0.25, -0.2) is 4.98 Å². The summed E-state index contributed by atoms with van der Waals surface area (Å²) in [6.07, 6.45) is 8.77. The minimum absolute atomic E-state index is 0.171. The Balaban J connectivity index is 1.56. The van der Waals surface area contributed by atoms with E-state index in [4.69, 9.17) is 5.26 Å². The lowest BCUT2D eigenvalue weighted by Gasteiger charge is -2.37. The largest absolute Gasteiger partial charge is 0.353 e. The molecule has 1 aliphatic carbocycles. The molecule has 22 heavy (non-hydrogen) atoms. The van der Waals surface area contributed by atoms with E-state index in [9.17, 15) is 4.79 Å². The fourth-order valence-corrected chi connectivity index (χ4v) is 3.07. The van der Waals surface area contributed by atoms with Gasteiger partial charge in [-0.15, -0.1) is 0 Å². The van der Waals surface area contributed by atoms with Gasteiger partial charge < -0.3 is 9.80 Å². The highest BCUT2D eigenvalue weighted by atomic mass is 16.2. The van der Waals surface area contributed by atoms with Gasteiger partial charge in [-0.3, -0.25) is 4.79 Å². The maximum absolute atomic E-state index is 12.5. The summed E-state index contributed by atoms with van der Waals surface area (Å²) in [5.41, 5.74) is 0.572. The van der Waals surface area contributed by atoms with Crippen LogP contribution in [-0.4, -0.2) is 42.0 Å². The summed E-state index contributed by atoms with van der Waals surface area (Å²) in [6.45, 7) is 3.10. The second-order valence-electron chi connectivity index (χ2n) is 5.81. The molecule has 5 nitrogen and oxygen atoms in total. The molecule has 0 radical (unpaired) electrons. The number of hydrogen-bond donors (Lipinski definition) is 0. The molecule has 2 aliphatic rings. The van der Waals surface area contributed by atoms with Crippen molar-refractivity contribution >= 4 is 11.7 Å². The number of anilines is 1. The van der Waals surface area contributed by atoms with Crippen LogP contribution in [0.4, 0.5) is 5.82 Å². The molecule has 0 aromatic carbocycles. The SMILES string of the molecule is N#Cc1ccc(N2CCN(C(=O)[C@H]3CC=CCC3)CC2)nc1. The minimum atomic E-state index is 0.171. The second kappa shape index (κ2) is 6.61. The van der Waals surface area contributed by atoms with Gasteiger partial charge in [0.25, 0.3) is 0 Å². The van der Waals surface area contributed by atoms with Crippen molar-refractivity contribution in [1.29, 1.82) is 5.26 Å². The Morgan fingerprint density at radius 3 is 2.64 bits per heavy atom. The number of nitrogens with zero attached hydrogens (tertiary/aromatic N) is 4. The van der Waals surface area contributed by atoms with Crippen molar-refractivity contribution in [3.05, 3.63) is 36.0 Å². The minimum Gasteiger partial charge on any atom is -0.353 e. The molecule has 1 aliphatic heterocycles. The number of carbonyl (C=O) groups excluding carboxylic acids is 1. The molecule has 2 heterocycles. The number of pyridine rings is 1. The normalized spacial score (nSPS) is 21.5. The van der Waals surface area contributed by atoms with Gasteiger partial charge in [-0.05, 0) is 31.4 Å². The fraction of sp³-hybridized carbons (Fsp3) is 0.471. The molecule has 114 valence electrons. The zero-order valence-corrected chi connectivity index (χ0v) is 12.6. The summed E-state index contributed by atoms with van der Waals surface area (Å²) in [6, 6.07) is 5.74. The van der Waals surface area contributed by atoms with E-state index in [0.29, 0.717) is 11.5 Å². The van der Waals surface area contributed by atoms with Crippen molar-refractivity contribution < 1.29 is 4.79 Å². The van der Waals surface area contributed by atoms with E-state index in [1.807, 2.05) is 11.0 Å². The molecule has 0 N–H and O–H groups in total. The van der Waals surface area contributed by atoms with Crippen LogP contribution in [-0.2, 0) is 4.79 Å². The number of aromatic nitrogens is 1. The average molecular weight is 296 g/mol. The van der Waals surface area contributed by atoms with Crippen molar-refractivity contribution in [2.24, 2.45) is 5.92 Å². The summed E-state index contributed by atoms with van der Waals surface area (Å²) in [5.74, 6) is 1.35. The Kier molecular flexibility index (Phi) is 4.38. The maximum Gasteiger partial charge on any atom is 0.226 e. The van der Waals surface area contributed by atoms with Gasteiger partial charge in [0.05, 0.1) is 5.56 Å². The molecule has 1 fully saturated rings. The van der Waals surface area contributed by atoms with Gasteiger partial charge in [0.1, 0.15) is 11.9 Å². The van der Waals surface area contributed by atoms with E-state index in [1.54, 1.807) is 12.3 Å². The molecular formula is C17H20N4O. The Morgan fingerprint density at radius 1 is 1.23 bits per heavy atom. The molecule has 1 aromatic heterocycles. The number of nitriles is 1. The Morgan fingerprint density at radius 2 is 2.05 bits per heavy atom. The van der Waals surface area contributed by atoms with Gasteiger partial charge in [0, 0.05) is 38.3 Å². The number of carbonyl (C=O) groups is 1. The first-order chi connectivity index (χ1) is 10.8. The molecule has 3 rings (SSSR count). The monoisotopic (exact) mass is 296 g/mol. The first kappa shape index (κ1) is 14.6.